The molecule has 0 radical (unpaired) electrons. The van der Waals surface area contributed by atoms with Gasteiger partial charge in [-0.15, -0.1) is 0 Å². The van der Waals surface area contributed by atoms with Crippen LogP contribution in [-0.4, -0.2) is 34.3 Å². The zero-order valence-corrected chi connectivity index (χ0v) is 16.4. The van der Waals surface area contributed by atoms with E-state index < -0.39 is 9.84 Å². The molecule has 3 aromatic rings. The van der Waals surface area contributed by atoms with E-state index in [1.165, 1.54) is 0 Å². The number of nitrogens with one attached hydrogen (secondary N) is 1. The second-order valence-electron chi connectivity index (χ2n) is 6.81. The lowest BCUT2D eigenvalue weighted by atomic mass is 10.0. The highest BCUT2D eigenvalue weighted by Gasteiger charge is 2.21. The number of sulfone groups is 1. The number of aryl methyl sites for hydroxylation is 1. The van der Waals surface area contributed by atoms with Crippen LogP contribution in [0.15, 0.2) is 35.6 Å². The first-order valence-corrected chi connectivity index (χ1v) is 10.4. The number of hydrogen-bond donors (Lipinski definition) is 1. The Balaban J connectivity index is 2.14. The maximum absolute atomic E-state index is 12.1. The second-order valence-corrected chi connectivity index (χ2v) is 8.72. The molecular formula is C18H23N5O2S. The molecule has 2 heterocycles. The van der Waals surface area contributed by atoms with Gasteiger partial charge in [-0.1, -0.05) is 38.1 Å². The van der Waals surface area contributed by atoms with E-state index in [1.54, 1.807) is 10.7 Å². The first-order valence-electron chi connectivity index (χ1n) is 8.46. The highest BCUT2D eigenvalue weighted by Crippen LogP contribution is 2.25. The molecule has 0 aliphatic carbocycles. The summed E-state index contributed by atoms with van der Waals surface area (Å²) in [4.78, 5) is 8.48. The summed E-state index contributed by atoms with van der Waals surface area (Å²) in [6.45, 7) is 8.07. The molecule has 0 spiro atoms. The Bertz CT molecular complexity index is 1060. The molecule has 2 aromatic heterocycles. The Labute approximate surface area is 153 Å². The SMILES string of the molecule is Cc1ccccc1[C@H](C)Nc1nc(S(C)(=O)=O)nc2c(C(C)C)cnn12. The van der Waals surface area contributed by atoms with Gasteiger partial charge in [0.05, 0.1) is 12.2 Å². The normalized spacial score (nSPS) is 13.3. The van der Waals surface area contributed by atoms with Crippen LogP contribution in [0.4, 0.5) is 5.95 Å². The first-order chi connectivity index (χ1) is 12.2. The number of benzene rings is 1. The summed E-state index contributed by atoms with van der Waals surface area (Å²) in [5.41, 5.74) is 3.64. The summed E-state index contributed by atoms with van der Waals surface area (Å²) in [7, 11) is -3.55. The summed E-state index contributed by atoms with van der Waals surface area (Å²) >= 11 is 0. The smallest absolute Gasteiger partial charge is 0.252 e. The van der Waals surface area contributed by atoms with Gasteiger partial charge in [-0.2, -0.15) is 19.6 Å². The maximum Gasteiger partial charge on any atom is 0.252 e. The maximum atomic E-state index is 12.1. The van der Waals surface area contributed by atoms with Gasteiger partial charge in [-0.3, -0.25) is 0 Å². The van der Waals surface area contributed by atoms with Crippen molar-refractivity contribution >= 4 is 21.4 Å². The lowest BCUT2D eigenvalue weighted by Gasteiger charge is -2.18. The summed E-state index contributed by atoms with van der Waals surface area (Å²) in [5.74, 6) is 0.523. The van der Waals surface area contributed by atoms with E-state index in [4.69, 9.17) is 0 Å². The van der Waals surface area contributed by atoms with E-state index in [0.29, 0.717) is 11.6 Å². The molecule has 0 saturated carbocycles. The number of anilines is 1. The summed E-state index contributed by atoms with van der Waals surface area (Å²) in [5, 5.41) is 7.46. The Morgan fingerprint density at radius 1 is 1.08 bits per heavy atom. The molecule has 7 nitrogen and oxygen atoms in total. The zero-order valence-electron chi connectivity index (χ0n) is 15.6. The van der Waals surface area contributed by atoms with Crippen molar-refractivity contribution in [3.05, 3.63) is 47.2 Å². The molecule has 1 aromatic carbocycles. The van der Waals surface area contributed by atoms with Crippen molar-refractivity contribution in [2.75, 3.05) is 11.6 Å². The number of hydrogen-bond acceptors (Lipinski definition) is 6. The van der Waals surface area contributed by atoms with Gasteiger partial charge in [0.25, 0.3) is 5.16 Å². The predicted molar refractivity (Wildman–Crippen MR) is 101 cm³/mol. The molecule has 0 fully saturated rings. The third-order valence-electron chi connectivity index (χ3n) is 4.33. The van der Waals surface area contributed by atoms with Crippen LogP contribution < -0.4 is 5.32 Å². The highest BCUT2D eigenvalue weighted by molar-refractivity contribution is 7.90. The largest absolute Gasteiger partial charge is 0.348 e. The summed E-state index contributed by atoms with van der Waals surface area (Å²) in [6.07, 6.45) is 2.82. The molecule has 0 aliphatic heterocycles. The average Bonchev–Trinajstić information content (AvgIpc) is 2.98. The minimum Gasteiger partial charge on any atom is -0.348 e. The lowest BCUT2D eigenvalue weighted by molar-refractivity contribution is 0.591. The Morgan fingerprint density at radius 3 is 2.38 bits per heavy atom. The first kappa shape index (κ1) is 18.3. The molecule has 0 bridgehead atoms. The van der Waals surface area contributed by atoms with E-state index in [9.17, 15) is 8.42 Å². The second kappa shape index (κ2) is 6.68. The minimum atomic E-state index is -3.55. The molecule has 8 heteroatoms. The van der Waals surface area contributed by atoms with Crippen molar-refractivity contribution in [3.63, 3.8) is 0 Å². The minimum absolute atomic E-state index is 0.0755. The van der Waals surface area contributed by atoms with Crippen LogP contribution in [0.1, 0.15) is 49.4 Å². The number of aromatic nitrogens is 4. The third-order valence-corrected chi connectivity index (χ3v) is 5.17. The lowest BCUT2D eigenvalue weighted by Crippen LogP contribution is -2.16. The van der Waals surface area contributed by atoms with Gasteiger partial charge < -0.3 is 5.32 Å². The van der Waals surface area contributed by atoms with Crippen molar-refractivity contribution in [2.24, 2.45) is 0 Å². The number of fused-ring (bicyclic) bond motifs is 1. The van der Waals surface area contributed by atoms with Gasteiger partial charge in [0.15, 0.2) is 5.65 Å². The van der Waals surface area contributed by atoms with E-state index in [-0.39, 0.29) is 17.1 Å². The fraction of sp³-hybridized carbons (Fsp3) is 0.389. The number of nitrogens with zero attached hydrogens (tertiary/aromatic N) is 4. The Morgan fingerprint density at radius 2 is 1.77 bits per heavy atom. The van der Waals surface area contributed by atoms with Gasteiger partial charge in [-0.05, 0) is 30.9 Å². The van der Waals surface area contributed by atoms with E-state index in [1.807, 2.05) is 52.0 Å². The molecule has 0 unspecified atom stereocenters. The van der Waals surface area contributed by atoms with Crippen molar-refractivity contribution in [1.29, 1.82) is 0 Å². The highest BCUT2D eigenvalue weighted by atomic mass is 32.2. The molecule has 3 rings (SSSR count). The van der Waals surface area contributed by atoms with Gasteiger partial charge in [-0.25, -0.2) is 8.42 Å². The topological polar surface area (TPSA) is 89.2 Å². The quantitative estimate of drug-likeness (QED) is 0.739. The van der Waals surface area contributed by atoms with Crippen molar-refractivity contribution in [1.82, 2.24) is 19.6 Å². The third kappa shape index (κ3) is 3.41. The van der Waals surface area contributed by atoms with Gasteiger partial charge in [0.2, 0.25) is 15.8 Å². The number of rotatable bonds is 5. The Hall–Kier alpha value is -2.48. The van der Waals surface area contributed by atoms with E-state index in [2.05, 4.69) is 20.4 Å². The fourth-order valence-corrected chi connectivity index (χ4v) is 3.39. The fourth-order valence-electron chi connectivity index (χ4n) is 2.89. The molecule has 0 amide bonds. The van der Waals surface area contributed by atoms with Crippen LogP contribution >= 0.6 is 0 Å². The van der Waals surface area contributed by atoms with Crippen LogP contribution in [0, 0.1) is 6.92 Å². The molecule has 138 valence electrons. The molecule has 0 aliphatic rings. The molecular weight excluding hydrogens is 350 g/mol. The van der Waals surface area contributed by atoms with Crippen molar-refractivity contribution < 1.29 is 8.42 Å². The van der Waals surface area contributed by atoms with Crippen molar-refractivity contribution in [3.8, 4) is 0 Å². The van der Waals surface area contributed by atoms with Gasteiger partial charge in [0.1, 0.15) is 0 Å². The summed E-state index contributed by atoms with van der Waals surface area (Å²) < 4.78 is 25.7. The monoisotopic (exact) mass is 373 g/mol. The Kier molecular flexibility index (Phi) is 4.70. The van der Waals surface area contributed by atoms with Crippen LogP contribution in [0.25, 0.3) is 5.65 Å². The van der Waals surface area contributed by atoms with Gasteiger partial charge in [0, 0.05) is 11.8 Å². The van der Waals surface area contributed by atoms with Crippen LogP contribution in [0.5, 0.6) is 0 Å². The molecule has 1 atom stereocenters. The van der Waals surface area contributed by atoms with Crippen LogP contribution in [-0.2, 0) is 9.84 Å². The van der Waals surface area contributed by atoms with Crippen LogP contribution in [0.2, 0.25) is 0 Å². The van der Waals surface area contributed by atoms with Crippen LogP contribution in [0.3, 0.4) is 0 Å². The van der Waals surface area contributed by atoms with E-state index >= 15 is 0 Å². The van der Waals surface area contributed by atoms with E-state index in [0.717, 1.165) is 22.9 Å². The average molecular weight is 373 g/mol. The predicted octanol–water partition coefficient (Wildman–Crippen LogP) is 3.13. The van der Waals surface area contributed by atoms with Crippen molar-refractivity contribution in [2.45, 2.75) is 44.8 Å². The zero-order chi connectivity index (χ0) is 19.1. The summed E-state index contributed by atoms with van der Waals surface area (Å²) in [6, 6.07) is 7.95. The van der Waals surface area contributed by atoms with Gasteiger partial charge >= 0.3 is 0 Å². The molecule has 26 heavy (non-hydrogen) atoms. The molecule has 1 N–H and O–H groups in total. The molecule has 0 saturated heterocycles. The standard InChI is InChI=1S/C18H23N5O2S/c1-11(2)15-10-19-23-16(15)21-18(26(5,24)25)22-17(23)20-13(4)14-9-7-6-8-12(14)3/h6-11,13H,1-5H3,(H,20,21,22)/t13-/m0/s1.